The van der Waals surface area contributed by atoms with Gasteiger partial charge in [-0.25, -0.2) is 4.98 Å². The smallest absolute Gasteiger partial charge is 0.180 e. The van der Waals surface area contributed by atoms with E-state index in [0.717, 1.165) is 22.8 Å². The lowest BCUT2D eigenvalue weighted by molar-refractivity contribution is 0.511. The number of aromatic amines is 1. The van der Waals surface area contributed by atoms with E-state index in [9.17, 15) is 0 Å². The molecule has 0 saturated heterocycles. The summed E-state index contributed by atoms with van der Waals surface area (Å²) in [5, 5.41) is 10.2. The predicted molar refractivity (Wildman–Crippen MR) is 51.9 cm³/mol. The molecule has 0 radical (unpaired) electrons. The standard InChI is InChI=1S/C9H12N4O/c1-6-9(7(2)13-12-6)11-4-8-3-10-5-14-8/h3,5,11H,4H2,1-2H3,(H,12,13). The van der Waals surface area contributed by atoms with Crippen LogP contribution in [-0.4, -0.2) is 15.2 Å². The topological polar surface area (TPSA) is 66.7 Å². The maximum Gasteiger partial charge on any atom is 0.180 e. The van der Waals surface area contributed by atoms with Crippen molar-refractivity contribution in [3.8, 4) is 0 Å². The van der Waals surface area contributed by atoms with Crippen molar-refractivity contribution < 1.29 is 4.42 Å². The van der Waals surface area contributed by atoms with Crippen LogP contribution in [0.5, 0.6) is 0 Å². The number of aryl methyl sites for hydroxylation is 2. The Morgan fingerprint density at radius 1 is 1.50 bits per heavy atom. The van der Waals surface area contributed by atoms with Gasteiger partial charge in [0, 0.05) is 0 Å². The molecule has 5 heteroatoms. The highest BCUT2D eigenvalue weighted by Gasteiger charge is 2.05. The first kappa shape index (κ1) is 8.80. The molecule has 2 rings (SSSR count). The van der Waals surface area contributed by atoms with Gasteiger partial charge in [-0.3, -0.25) is 5.10 Å². The third kappa shape index (κ3) is 1.61. The molecule has 0 atom stereocenters. The van der Waals surface area contributed by atoms with Crippen molar-refractivity contribution in [3.63, 3.8) is 0 Å². The highest BCUT2D eigenvalue weighted by atomic mass is 16.3. The summed E-state index contributed by atoms with van der Waals surface area (Å²) in [5.74, 6) is 0.810. The number of nitrogens with zero attached hydrogens (tertiary/aromatic N) is 2. The molecule has 0 amide bonds. The molecule has 0 bridgehead atoms. The minimum absolute atomic E-state index is 0.626. The van der Waals surface area contributed by atoms with Gasteiger partial charge in [0.1, 0.15) is 5.76 Å². The van der Waals surface area contributed by atoms with E-state index in [0.29, 0.717) is 6.54 Å². The van der Waals surface area contributed by atoms with Gasteiger partial charge in [0.05, 0.1) is 29.8 Å². The summed E-state index contributed by atoms with van der Waals surface area (Å²) < 4.78 is 5.11. The fraction of sp³-hybridized carbons (Fsp3) is 0.333. The number of oxazole rings is 1. The van der Waals surface area contributed by atoms with E-state index < -0.39 is 0 Å². The summed E-state index contributed by atoms with van der Waals surface area (Å²) >= 11 is 0. The molecule has 0 spiro atoms. The normalized spacial score (nSPS) is 10.4. The van der Waals surface area contributed by atoms with Gasteiger partial charge in [-0.15, -0.1) is 0 Å². The molecule has 2 aromatic rings. The van der Waals surface area contributed by atoms with Crippen LogP contribution in [0.3, 0.4) is 0 Å². The lowest BCUT2D eigenvalue weighted by Crippen LogP contribution is -1.99. The Hall–Kier alpha value is -1.78. The average molecular weight is 192 g/mol. The van der Waals surface area contributed by atoms with E-state index in [4.69, 9.17) is 4.42 Å². The summed E-state index contributed by atoms with van der Waals surface area (Å²) in [4.78, 5) is 3.84. The van der Waals surface area contributed by atoms with Crippen molar-refractivity contribution in [3.05, 3.63) is 29.7 Å². The summed E-state index contributed by atoms with van der Waals surface area (Å²) in [6.07, 6.45) is 3.11. The number of anilines is 1. The number of rotatable bonds is 3. The molecule has 0 aromatic carbocycles. The SMILES string of the molecule is Cc1n[nH]c(C)c1NCc1cnco1. The number of hydrogen-bond donors (Lipinski definition) is 2. The van der Waals surface area contributed by atoms with Crippen LogP contribution in [0, 0.1) is 13.8 Å². The highest BCUT2D eigenvalue weighted by Crippen LogP contribution is 2.16. The van der Waals surface area contributed by atoms with Crippen LogP contribution >= 0.6 is 0 Å². The molecular formula is C9H12N4O. The van der Waals surface area contributed by atoms with E-state index in [1.165, 1.54) is 6.39 Å². The molecule has 0 unspecified atom stereocenters. The molecule has 2 heterocycles. The molecule has 0 aliphatic rings. The van der Waals surface area contributed by atoms with Gasteiger partial charge in [0.15, 0.2) is 6.39 Å². The first-order valence-electron chi connectivity index (χ1n) is 4.40. The quantitative estimate of drug-likeness (QED) is 0.775. The molecule has 2 aromatic heterocycles. The van der Waals surface area contributed by atoms with Crippen LogP contribution in [0.25, 0.3) is 0 Å². The van der Waals surface area contributed by atoms with Crippen LogP contribution in [-0.2, 0) is 6.54 Å². The first-order chi connectivity index (χ1) is 6.77. The van der Waals surface area contributed by atoms with E-state index in [2.05, 4.69) is 20.5 Å². The minimum Gasteiger partial charge on any atom is -0.447 e. The maximum atomic E-state index is 5.11. The van der Waals surface area contributed by atoms with Crippen molar-refractivity contribution in [2.24, 2.45) is 0 Å². The third-order valence-corrected chi connectivity index (χ3v) is 2.05. The predicted octanol–water partition coefficient (Wildman–Crippen LogP) is 1.63. The number of hydrogen-bond acceptors (Lipinski definition) is 4. The molecule has 0 aliphatic carbocycles. The summed E-state index contributed by atoms with van der Waals surface area (Å²) in [5.41, 5.74) is 3.02. The Kier molecular flexibility index (Phi) is 2.22. The number of aromatic nitrogens is 3. The first-order valence-corrected chi connectivity index (χ1v) is 4.40. The fourth-order valence-electron chi connectivity index (χ4n) is 1.32. The van der Waals surface area contributed by atoms with E-state index >= 15 is 0 Å². The fourth-order valence-corrected chi connectivity index (χ4v) is 1.32. The maximum absolute atomic E-state index is 5.11. The lowest BCUT2D eigenvalue weighted by Gasteiger charge is -2.02. The molecule has 74 valence electrons. The zero-order chi connectivity index (χ0) is 9.97. The molecule has 2 N–H and O–H groups in total. The molecular weight excluding hydrogens is 180 g/mol. The molecule has 0 aliphatic heterocycles. The van der Waals surface area contributed by atoms with Crippen molar-refractivity contribution in [2.75, 3.05) is 5.32 Å². The largest absolute Gasteiger partial charge is 0.447 e. The molecule has 14 heavy (non-hydrogen) atoms. The van der Waals surface area contributed by atoms with Gasteiger partial charge in [0.25, 0.3) is 0 Å². The minimum atomic E-state index is 0.626. The number of H-pyrrole nitrogens is 1. The van der Waals surface area contributed by atoms with Crippen LogP contribution in [0.4, 0.5) is 5.69 Å². The monoisotopic (exact) mass is 192 g/mol. The summed E-state index contributed by atoms with van der Waals surface area (Å²) in [6.45, 7) is 4.55. The molecule has 0 saturated carbocycles. The third-order valence-electron chi connectivity index (χ3n) is 2.05. The average Bonchev–Trinajstić information content (AvgIpc) is 2.76. The second-order valence-electron chi connectivity index (χ2n) is 3.13. The van der Waals surface area contributed by atoms with E-state index in [-0.39, 0.29) is 0 Å². The van der Waals surface area contributed by atoms with Gasteiger partial charge >= 0.3 is 0 Å². The van der Waals surface area contributed by atoms with Crippen LogP contribution < -0.4 is 5.32 Å². The van der Waals surface area contributed by atoms with E-state index in [1.54, 1.807) is 6.20 Å². The van der Waals surface area contributed by atoms with Crippen molar-refractivity contribution >= 4 is 5.69 Å². The van der Waals surface area contributed by atoms with E-state index in [1.807, 2.05) is 13.8 Å². The Labute approximate surface area is 81.5 Å². The Morgan fingerprint density at radius 2 is 2.36 bits per heavy atom. The van der Waals surface area contributed by atoms with Crippen LogP contribution in [0.15, 0.2) is 17.0 Å². The second kappa shape index (κ2) is 3.53. The number of nitrogens with one attached hydrogen (secondary N) is 2. The zero-order valence-corrected chi connectivity index (χ0v) is 8.16. The van der Waals surface area contributed by atoms with Crippen LogP contribution in [0.2, 0.25) is 0 Å². The molecule has 5 nitrogen and oxygen atoms in total. The van der Waals surface area contributed by atoms with Gasteiger partial charge in [0.2, 0.25) is 0 Å². The van der Waals surface area contributed by atoms with Crippen molar-refractivity contribution in [1.82, 2.24) is 15.2 Å². The van der Waals surface area contributed by atoms with Gasteiger partial charge in [-0.05, 0) is 13.8 Å². The summed E-state index contributed by atoms with van der Waals surface area (Å²) in [6, 6.07) is 0. The second-order valence-corrected chi connectivity index (χ2v) is 3.13. The molecule has 0 fully saturated rings. The zero-order valence-electron chi connectivity index (χ0n) is 8.16. The Balaban J connectivity index is 2.05. The van der Waals surface area contributed by atoms with Gasteiger partial charge < -0.3 is 9.73 Å². The van der Waals surface area contributed by atoms with Gasteiger partial charge in [-0.2, -0.15) is 5.10 Å². The van der Waals surface area contributed by atoms with Gasteiger partial charge in [-0.1, -0.05) is 0 Å². The summed E-state index contributed by atoms with van der Waals surface area (Å²) in [7, 11) is 0. The van der Waals surface area contributed by atoms with Crippen molar-refractivity contribution in [2.45, 2.75) is 20.4 Å². The van der Waals surface area contributed by atoms with Crippen molar-refractivity contribution in [1.29, 1.82) is 0 Å². The lowest BCUT2D eigenvalue weighted by atomic mass is 10.3. The Morgan fingerprint density at radius 3 is 2.93 bits per heavy atom. The van der Waals surface area contributed by atoms with Crippen LogP contribution in [0.1, 0.15) is 17.1 Å². The Bertz CT molecular complexity index is 385. The highest BCUT2D eigenvalue weighted by molar-refractivity contribution is 5.51.